The number of ether oxygens (including phenoxy) is 2. The fraction of sp³-hybridized carbons (Fsp3) is 0.414. The Bertz CT molecular complexity index is 1280. The van der Waals surface area contributed by atoms with Gasteiger partial charge >= 0.3 is 5.97 Å². The Morgan fingerprint density at radius 2 is 1.75 bits per heavy atom. The molecular weight excluding hydrogens is 516 g/mol. The van der Waals surface area contributed by atoms with Crippen molar-refractivity contribution in [2.75, 3.05) is 6.54 Å². The lowest BCUT2D eigenvalue weighted by molar-refractivity contribution is -0.177. The van der Waals surface area contributed by atoms with Gasteiger partial charge in [0, 0.05) is 18.5 Å². The van der Waals surface area contributed by atoms with Gasteiger partial charge in [-0.15, -0.1) is 0 Å². The molecule has 210 valence electrons. The van der Waals surface area contributed by atoms with Gasteiger partial charge in [-0.05, 0) is 43.9 Å². The van der Waals surface area contributed by atoms with Gasteiger partial charge in [-0.25, -0.2) is 5.01 Å². The quantitative estimate of drug-likeness (QED) is 0.502. The minimum Gasteiger partial charge on any atom is -0.433 e. The number of cyclic esters (lactones) is 1. The summed E-state index contributed by atoms with van der Waals surface area (Å²) in [5, 5.41) is 8.05. The number of hydrogen-bond donors (Lipinski definition) is 2. The van der Waals surface area contributed by atoms with Crippen molar-refractivity contribution in [3.63, 3.8) is 0 Å². The SMILES string of the molecule is Cc1ccc(COC2OC(=O)CC2NC(=O)C2CCCN3C(=O)CCC(NC(=O)c4ccccc4)C(=O)N23)cc1. The molecule has 0 radical (unpaired) electrons. The van der Waals surface area contributed by atoms with E-state index >= 15 is 0 Å². The van der Waals surface area contributed by atoms with Gasteiger partial charge in [-0.1, -0.05) is 48.0 Å². The summed E-state index contributed by atoms with van der Waals surface area (Å²) in [5.41, 5.74) is 2.38. The van der Waals surface area contributed by atoms with Crippen LogP contribution in [0.25, 0.3) is 0 Å². The van der Waals surface area contributed by atoms with Crippen LogP contribution in [-0.2, 0) is 35.3 Å². The Balaban J connectivity index is 1.28. The van der Waals surface area contributed by atoms with Crippen LogP contribution in [0.4, 0.5) is 0 Å². The van der Waals surface area contributed by atoms with Crippen molar-refractivity contribution >= 4 is 29.6 Å². The Morgan fingerprint density at radius 3 is 2.50 bits per heavy atom. The van der Waals surface area contributed by atoms with Gasteiger partial charge in [0.1, 0.15) is 18.1 Å². The molecule has 4 unspecified atom stereocenters. The summed E-state index contributed by atoms with van der Waals surface area (Å²) in [5.74, 6) is -2.28. The van der Waals surface area contributed by atoms with E-state index < -0.39 is 48.1 Å². The number of carbonyl (C=O) groups excluding carboxylic acids is 5. The largest absolute Gasteiger partial charge is 0.433 e. The van der Waals surface area contributed by atoms with Crippen LogP contribution in [0.1, 0.15) is 53.6 Å². The van der Waals surface area contributed by atoms with Gasteiger partial charge in [-0.3, -0.25) is 29.0 Å². The van der Waals surface area contributed by atoms with Crippen LogP contribution in [0, 0.1) is 6.92 Å². The molecule has 11 heteroatoms. The molecule has 2 aromatic rings. The summed E-state index contributed by atoms with van der Waals surface area (Å²) in [6.07, 6.45) is -0.0622. The van der Waals surface area contributed by atoms with Crippen LogP contribution < -0.4 is 10.6 Å². The minimum absolute atomic E-state index is 0.0518. The topological polar surface area (TPSA) is 134 Å². The van der Waals surface area contributed by atoms with E-state index in [1.165, 1.54) is 10.0 Å². The molecule has 3 heterocycles. The maximum Gasteiger partial charge on any atom is 0.310 e. The number of fused-ring (bicyclic) bond motifs is 1. The fourth-order valence-corrected chi connectivity index (χ4v) is 5.18. The number of amides is 4. The van der Waals surface area contributed by atoms with Crippen molar-refractivity contribution in [3.8, 4) is 0 Å². The van der Waals surface area contributed by atoms with E-state index in [2.05, 4.69) is 10.6 Å². The van der Waals surface area contributed by atoms with Gasteiger partial charge in [0.05, 0.1) is 13.0 Å². The monoisotopic (exact) mass is 548 g/mol. The summed E-state index contributed by atoms with van der Waals surface area (Å²) in [6, 6.07) is 13.5. The lowest BCUT2D eigenvalue weighted by Gasteiger charge is -2.43. The average molecular weight is 549 g/mol. The van der Waals surface area contributed by atoms with E-state index in [9.17, 15) is 24.0 Å². The average Bonchev–Trinajstić information content (AvgIpc) is 3.26. The lowest BCUT2D eigenvalue weighted by Crippen LogP contribution is -2.64. The molecule has 4 atom stereocenters. The lowest BCUT2D eigenvalue weighted by atomic mass is 10.0. The second-order valence-corrected chi connectivity index (χ2v) is 10.3. The highest BCUT2D eigenvalue weighted by atomic mass is 16.7. The number of benzene rings is 2. The number of hydrazine groups is 1. The number of carbonyl (C=O) groups is 5. The van der Waals surface area contributed by atoms with Crippen LogP contribution >= 0.6 is 0 Å². The summed E-state index contributed by atoms with van der Waals surface area (Å²) in [6.45, 7) is 2.45. The molecule has 0 saturated carbocycles. The second-order valence-electron chi connectivity index (χ2n) is 10.3. The molecule has 3 aliphatic rings. The summed E-state index contributed by atoms with van der Waals surface area (Å²) >= 11 is 0. The van der Waals surface area contributed by atoms with Crippen molar-refractivity contribution in [2.24, 2.45) is 0 Å². The minimum atomic E-state index is -0.993. The molecule has 4 amide bonds. The molecule has 11 nitrogen and oxygen atoms in total. The van der Waals surface area contributed by atoms with Crippen LogP contribution in [0.2, 0.25) is 0 Å². The zero-order chi connectivity index (χ0) is 28.2. The van der Waals surface area contributed by atoms with Crippen molar-refractivity contribution in [1.82, 2.24) is 20.7 Å². The van der Waals surface area contributed by atoms with Gasteiger partial charge in [-0.2, -0.15) is 0 Å². The first-order chi connectivity index (χ1) is 19.3. The Morgan fingerprint density at radius 1 is 1.00 bits per heavy atom. The first-order valence-electron chi connectivity index (χ1n) is 13.5. The third kappa shape index (κ3) is 5.99. The fourth-order valence-electron chi connectivity index (χ4n) is 5.18. The van der Waals surface area contributed by atoms with Crippen molar-refractivity contribution in [2.45, 2.75) is 70.1 Å². The summed E-state index contributed by atoms with van der Waals surface area (Å²) in [4.78, 5) is 65.0. The second kappa shape index (κ2) is 11.9. The zero-order valence-corrected chi connectivity index (χ0v) is 22.2. The molecule has 0 aromatic heterocycles. The number of hydrogen-bond acceptors (Lipinski definition) is 7. The molecule has 0 bridgehead atoms. The van der Waals surface area contributed by atoms with Crippen LogP contribution in [0.15, 0.2) is 54.6 Å². The smallest absolute Gasteiger partial charge is 0.310 e. The van der Waals surface area contributed by atoms with E-state index in [0.29, 0.717) is 24.9 Å². The summed E-state index contributed by atoms with van der Waals surface area (Å²) < 4.78 is 11.1. The van der Waals surface area contributed by atoms with E-state index in [1.54, 1.807) is 30.3 Å². The van der Waals surface area contributed by atoms with Crippen LogP contribution in [0.5, 0.6) is 0 Å². The van der Waals surface area contributed by atoms with Crippen LogP contribution in [-0.4, -0.2) is 70.6 Å². The highest BCUT2D eigenvalue weighted by Gasteiger charge is 2.46. The third-order valence-corrected chi connectivity index (χ3v) is 7.33. The van der Waals surface area contributed by atoms with Gasteiger partial charge in [0.15, 0.2) is 0 Å². The van der Waals surface area contributed by atoms with E-state index in [-0.39, 0.29) is 31.8 Å². The predicted molar refractivity (Wildman–Crippen MR) is 141 cm³/mol. The highest BCUT2D eigenvalue weighted by Crippen LogP contribution is 2.26. The van der Waals surface area contributed by atoms with Crippen molar-refractivity contribution in [1.29, 1.82) is 0 Å². The Labute approximate surface area is 231 Å². The van der Waals surface area contributed by atoms with E-state index in [4.69, 9.17) is 9.47 Å². The van der Waals surface area contributed by atoms with Crippen molar-refractivity contribution in [3.05, 3.63) is 71.3 Å². The zero-order valence-electron chi connectivity index (χ0n) is 22.2. The summed E-state index contributed by atoms with van der Waals surface area (Å²) in [7, 11) is 0. The molecule has 3 saturated heterocycles. The third-order valence-electron chi connectivity index (χ3n) is 7.33. The van der Waals surface area contributed by atoms with Gasteiger partial charge in [0.25, 0.3) is 11.8 Å². The van der Waals surface area contributed by atoms with Gasteiger partial charge in [0.2, 0.25) is 18.1 Å². The molecule has 3 aliphatic heterocycles. The number of nitrogens with zero attached hydrogens (tertiary/aromatic N) is 2. The first-order valence-corrected chi connectivity index (χ1v) is 13.5. The molecule has 2 N–H and O–H groups in total. The molecule has 0 spiro atoms. The van der Waals surface area contributed by atoms with E-state index in [1.807, 2.05) is 31.2 Å². The van der Waals surface area contributed by atoms with Crippen LogP contribution in [0.3, 0.4) is 0 Å². The standard InChI is InChI=1S/C29H32N4O7/c1-18-9-11-19(12-10-18)17-39-29-22(16-25(35)40-29)31-27(37)23-8-5-15-32-24(34)14-13-21(28(38)33(23)32)30-26(36)20-6-3-2-4-7-20/h2-4,6-7,9-12,21-23,29H,5,8,13-17H2,1H3,(H,30,36)(H,31,37). The molecule has 0 aliphatic carbocycles. The Kier molecular flexibility index (Phi) is 8.11. The first kappa shape index (κ1) is 27.3. The van der Waals surface area contributed by atoms with Crippen molar-refractivity contribution < 1.29 is 33.4 Å². The Hall–Kier alpha value is -4.25. The number of esters is 1. The maximum absolute atomic E-state index is 13.7. The molecule has 5 rings (SSSR count). The number of rotatable bonds is 7. The van der Waals surface area contributed by atoms with Gasteiger partial charge < -0.3 is 20.1 Å². The normalized spacial score (nSPS) is 24.7. The number of aryl methyl sites for hydroxylation is 1. The predicted octanol–water partition coefficient (Wildman–Crippen LogP) is 1.60. The van der Waals surface area contributed by atoms with E-state index in [0.717, 1.165) is 11.1 Å². The molecular formula is C29H32N4O7. The molecule has 3 fully saturated rings. The molecule has 2 aromatic carbocycles. The maximum atomic E-state index is 13.7. The highest BCUT2D eigenvalue weighted by molar-refractivity contribution is 5.99. The molecule has 40 heavy (non-hydrogen) atoms. The number of nitrogens with one attached hydrogen (secondary N) is 2.